The highest BCUT2D eigenvalue weighted by Gasteiger charge is 2.18. The second-order valence-electron chi connectivity index (χ2n) is 6.88. The van der Waals surface area contributed by atoms with E-state index in [0.717, 1.165) is 37.7 Å². The standard InChI is InChI=1S/C17H27N5O/c1-13-9-11-22(12-10-13)16-8-7-15(20-21-16)19-17(23)18-14-5-3-2-4-6-14/h7-8,13-14H,2-6,9-12H2,1H3,(H2,18,19,20,23). The second kappa shape index (κ2) is 7.62. The lowest BCUT2D eigenvalue weighted by molar-refractivity contribution is 0.244. The van der Waals surface area contributed by atoms with Crippen molar-refractivity contribution in [3.8, 4) is 0 Å². The Morgan fingerprint density at radius 3 is 2.48 bits per heavy atom. The Labute approximate surface area is 138 Å². The summed E-state index contributed by atoms with van der Waals surface area (Å²) in [5.41, 5.74) is 0. The first kappa shape index (κ1) is 16.0. The molecule has 1 saturated carbocycles. The molecule has 0 bridgehead atoms. The fourth-order valence-electron chi connectivity index (χ4n) is 3.38. The van der Waals surface area contributed by atoms with Crippen LogP contribution in [0.25, 0.3) is 0 Å². The lowest BCUT2D eigenvalue weighted by Crippen LogP contribution is -2.39. The topological polar surface area (TPSA) is 70.2 Å². The van der Waals surface area contributed by atoms with Crippen LogP contribution in [0.1, 0.15) is 51.9 Å². The Balaban J connectivity index is 1.49. The third-order valence-electron chi connectivity index (χ3n) is 4.94. The monoisotopic (exact) mass is 317 g/mol. The Morgan fingerprint density at radius 2 is 1.83 bits per heavy atom. The molecule has 2 aliphatic rings. The van der Waals surface area contributed by atoms with Crippen LogP contribution in [0.15, 0.2) is 12.1 Å². The molecule has 1 aromatic rings. The van der Waals surface area contributed by atoms with Gasteiger partial charge in [0.1, 0.15) is 0 Å². The van der Waals surface area contributed by atoms with Gasteiger partial charge in [0.2, 0.25) is 0 Å². The number of rotatable bonds is 3. The second-order valence-corrected chi connectivity index (χ2v) is 6.88. The highest BCUT2D eigenvalue weighted by atomic mass is 16.2. The van der Waals surface area contributed by atoms with Crippen LogP contribution < -0.4 is 15.5 Å². The van der Waals surface area contributed by atoms with Gasteiger partial charge >= 0.3 is 6.03 Å². The van der Waals surface area contributed by atoms with Gasteiger partial charge in [0, 0.05) is 19.1 Å². The maximum atomic E-state index is 12.0. The first-order valence-corrected chi connectivity index (χ1v) is 8.87. The Bertz CT molecular complexity index is 504. The molecule has 6 heteroatoms. The molecular formula is C17H27N5O. The van der Waals surface area contributed by atoms with Gasteiger partial charge in [-0.05, 0) is 43.7 Å². The average molecular weight is 317 g/mol. The van der Waals surface area contributed by atoms with Crippen molar-refractivity contribution in [3.05, 3.63) is 12.1 Å². The van der Waals surface area contributed by atoms with Gasteiger partial charge in [-0.15, -0.1) is 10.2 Å². The van der Waals surface area contributed by atoms with E-state index in [1.165, 1.54) is 32.1 Å². The molecule has 0 aromatic carbocycles. The summed E-state index contributed by atoms with van der Waals surface area (Å²) < 4.78 is 0. The molecule has 1 saturated heterocycles. The molecule has 23 heavy (non-hydrogen) atoms. The molecule has 6 nitrogen and oxygen atoms in total. The Kier molecular flexibility index (Phi) is 5.31. The molecule has 2 amide bonds. The Hall–Kier alpha value is -1.85. The molecule has 1 aromatic heterocycles. The third-order valence-corrected chi connectivity index (χ3v) is 4.94. The lowest BCUT2D eigenvalue weighted by Gasteiger charge is -2.30. The van der Waals surface area contributed by atoms with E-state index in [-0.39, 0.29) is 6.03 Å². The minimum absolute atomic E-state index is 0.175. The van der Waals surface area contributed by atoms with E-state index < -0.39 is 0 Å². The fraction of sp³-hybridized carbons (Fsp3) is 0.706. The molecule has 2 heterocycles. The van der Waals surface area contributed by atoms with Gasteiger partial charge in [0.25, 0.3) is 0 Å². The van der Waals surface area contributed by atoms with E-state index in [1.54, 1.807) is 0 Å². The minimum Gasteiger partial charge on any atom is -0.355 e. The minimum atomic E-state index is -0.175. The normalized spacial score (nSPS) is 20.3. The highest BCUT2D eigenvalue weighted by molar-refractivity contribution is 5.88. The van der Waals surface area contributed by atoms with Crippen LogP contribution in [0, 0.1) is 5.92 Å². The first-order chi connectivity index (χ1) is 11.2. The number of carbonyl (C=O) groups is 1. The average Bonchev–Trinajstić information content (AvgIpc) is 2.57. The summed E-state index contributed by atoms with van der Waals surface area (Å²) in [4.78, 5) is 14.3. The molecule has 126 valence electrons. The van der Waals surface area contributed by atoms with Crippen molar-refractivity contribution >= 4 is 17.7 Å². The highest BCUT2D eigenvalue weighted by Crippen LogP contribution is 2.21. The first-order valence-electron chi connectivity index (χ1n) is 8.87. The number of urea groups is 1. The van der Waals surface area contributed by atoms with Crippen LogP contribution in [-0.2, 0) is 0 Å². The van der Waals surface area contributed by atoms with Crippen LogP contribution in [0.4, 0.5) is 16.4 Å². The SMILES string of the molecule is CC1CCN(c2ccc(NC(=O)NC3CCCCC3)nn2)CC1. The van der Waals surface area contributed by atoms with E-state index in [0.29, 0.717) is 11.9 Å². The van der Waals surface area contributed by atoms with Crippen molar-refractivity contribution in [1.82, 2.24) is 15.5 Å². The molecule has 2 N–H and O–H groups in total. The summed E-state index contributed by atoms with van der Waals surface area (Å²) in [7, 11) is 0. The molecule has 2 fully saturated rings. The zero-order valence-corrected chi connectivity index (χ0v) is 13.9. The summed E-state index contributed by atoms with van der Waals surface area (Å²) in [6.07, 6.45) is 8.23. The fourth-order valence-corrected chi connectivity index (χ4v) is 3.38. The number of nitrogens with zero attached hydrogens (tertiary/aromatic N) is 3. The third kappa shape index (κ3) is 4.56. The summed E-state index contributed by atoms with van der Waals surface area (Å²) >= 11 is 0. The van der Waals surface area contributed by atoms with Crippen molar-refractivity contribution < 1.29 is 4.79 Å². The molecule has 1 aliphatic carbocycles. The number of amides is 2. The van der Waals surface area contributed by atoms with Crippen molar-refractivity contribution in [1.29, 1.82) is 0 Å². The Morgan fingerprint density at radius 1 is 1.09 bits per heavy atom. The molecule has 0 spiro atoms. The van der Waals surface area contributed by atoms with Gasteiger partial charge in [-0.1, -0.05) is 26.2 Å². The van der Waals surface area contributed by atoms with Gasteiger partial charge < -0.3 is 10.2 Å². The van der Waals surface area contributed by atoms with E-state index in [9.17, 15) is 4.79 Å². The van der Waals surface area contributed by atoms with Crippen LogP contribution in [0.2, 0.25) is 0 Å². The van der Waals surface area contributed by atoms with Crippen molar-refractivity contribution in [2.24, 2.45) is 5.92 Å². The van der Waals surface area contributed by atoms with Gasteiger partial charge in [-0.25, -0.2) is 4.79 Å². The largest absolute Gasteiger partial charge is 0.355 e. The van der Waals surface area contributed by atoms with Crippen molar-refractivity contribution in [3.63, 3.8) is 0 Å². The van der Waals surface area contributed by atoms with Crippen molar-refractivity contribution in [2.75, 3.05) is 23.3 Å². The molecule has 0 radical (unpaired) electrons. The van der Waals surface area contributed by atoms with Gasteiger partial charge in [0.15, 0.2) is 11.6 Å². The molecular weight excluding hydrogens is 290 g/mol. The van der Waals surface area contributed by atoms with Crippen molar-refractivity contribution in [2.45, 2.75) is 57.9 Å². The zero-order valence-electron chi connectivity index (χ0n) is 13.9. The smallest absolute Gasteiger partial charge is 0.320 e. The number of hydrogen-bond donors (Lipinski definition) is 2. The number of aromatic nitrogens is 2. The van der Waals surface area contributed by atoms with Crippen LogP contribution in [0.5, 0.6) is 0 Å². The summed E-state index contributed by atoms with van der Waals surface area (Å²) in [6, 6.07) is 3.90. The number of anilines is 2. The predicted molar refractivity (Wildman–Crippen MR) is 91.7 cm³/mol. The molecule has 0 unspecified atom stereocenters. The molecule has 3 rings (SSSR count). The molecule has 1 aliphatic heterocycles. The van der Waals surface area contributed by atoms with E-state index >= 15 is 0 Å². The molecule has 0 atom stereocenters. The summed E-state index contributed by atoms with van der Waals surface area (Å²) in [6.45, 7) is 4.36. The van der Waals surface area contributed by atoms with Crippen LogP contribution >= 0.6 is 0 Å². The number of hydrogen-bond acceptors (Lipinski definition) is 4. The van der Waals surface area contributed by atoms with E-state index in [2.05, 4.69) is 32.7 Å². The summed E-state index contributed by atoms with van der Waals surface area (Å²) in [5, 5.41) is 14.2. The van der Waals surface area contributed by atoms with E-state index in [4.69, 9.17) is 0 Å². The van der Waals surface area contributed by atoms with Gasteiger partial charge in [-0.2, -0.15) is 0 Å². The lowest BCUT2D eigenvalue weighted by atomic mass is 9.96. The number of piperidine rings is 1. The van der Waals surface area contributed by atoms with E-state index in [1.807, 2.05) is 12.1 Å². The number of nitrogens with one attached hydrogen (secondary N) is 2. The van der Waals surface area contributed by atoms with Crippen LogP contribution in [0.3, 0.4) is 0 Å². The van der Waals surface area contributed by atoms with Crippen LogP contribution in [-0.4, -0.2) is 35.4 Å². The summed E-state index contributed by atoms with van der Waals surface area (Å²) in [5.74, 6) is 2.20. The van der Waals surface area contributed by atoms with Gasteiger partial charge in [-0.3, -0.25) is 5.32 Å². The number of carbonyl (C=O) groups excluding carboxylic acids is 1. The van der Waals surface area contributed by atoms with Gasteiger partial charge in [0.05, 0.1) is 0 Å². The maximum absolute atomic E-state index is 12.0. The maximum Gasteiger partial charge on any atom is 0.320 e. The zero-order chi connectivity index (χ0) is 16.1. The predicted octanol–water partition coefficient (Wildman–Crippen LogP) is 3.17. The quantitative estimate of drug-likeness (QED) is 0.898.